The van der Waals surface area contributed by atoms with Gasteiger partial charge in [-0.25, -0.2) is 0 Å². The molecule has 1 aliphatic rings. The van der Waals surface area contributed by atoms with Gasteiger partial charge >= 0.3 is 0 Å². The van der Waals surface area contributed by atoms with Gasteiger partial charge < -0.3 is 10.5 Å². The van der Waals surface area contributed by atoms with Gasteiger partial charge in [-0.3, -0.25) is 0 Å². The van der Waals surface area contributed by atoms with E-state index in [0.29, 0.717) is 12.0 Å². The van der Waals surface area contributed by atoms with E-state index in [0.717, 1.165) is 25.9 Å². The molecule has 1 heterocycles. The van der Waals surface area contributed by atoms with E-state index in [1.165, 1.54) is 11.1 Å². The van der Waals surface area contributed by atoms with Crippen LogP contribution in [0.1, 0.15) is 43.9 Å². The van der Waals surface area contributed by atoms with Gasteiger partial charge in [-0.1, -0.05) is 38.1 Å². The summed E-state index contributed by atoms with van der Waals surface area (Å²) < 4.78 is 5.72. The second kappa shape index (κ2) is 5.65. The van der Waals surface area contributed by atoms with Crippen molar-refractivity contribution >= 4 is 0 Å². The van der Waals surface area contributed by atoms with Crippen molar-refractivity contribution in [3.63, 3.8) is 0 Å². The van der Waals surface area contributed by atoms with Crippen molar-refractivity contribution in [2.45, 2.75) is 45.3 Å². The SMILES string of the molecule is CCc1ccc(C(N)C2CCOC2CC)cc1. The van der Waals surface area contributed by atoms with E-state index in [1.54, 1.807) is 0 Å². The van der Waals surface area contributed by atoms with E-state index in [9.17, 15) is 0 Å². The van der Waals surface area contributed by atoms with Crippen LogP contribution in [0.2, 0.25) is 0 Å². The van der Waals surface area contributed by atoms with E-state index >= 15 is 0 Å². The molecule has 1 saturated heterocycles. The van der Waals surface area contributed by atoms with Crippen LogP contribution in [0, 0.1) is 5.92 Å². The number of aryl methyl sites for hydroxylation is 1. The maximum Gasteiger partial charge on any atom is 0.0619 e. The van der Waals surface area contributed by atoms with Gasteiger partial charge in [0.1, 0.15) is 0 Å². The molecule has 0 saturated carbocycles. The van der Waals surface area contributed by atoms with Crippen LogP contribution in [0.4, 0.5) is 0 Å². The largest absolute Gasteiger partial charge is 0.378 e. The summed E-state index contributed by atoms with van der Waals surface area (Å²) >= 11 is 0. The molecular weight excluding hydrogens is 210 g/mol. The fourth-order valence-corrected chi connectivity index (χ4v) is 2.72. The van der Waals surface area contributed by atoms with E-state index in [-0.39, 0.29) is 6.04 Å². The monoisotopic (exact) mass is 233 g/mol. The fraction of sp³-hybridized carbons (Fsp3) is 0.600. The third kappa shape index (κ3) is 2.70. The van der Waals surface area contributed by atoms with Gasteiger partial charge in [0.2, 0.25) is 0 Å². The summed E-state index contributed by atoms with van der Waals surface area (Å²) in [5, 5.41) is 0. The van der Waals surface area contributed by atoms with Crippen LogP contribution < -0.4 is 5.73 Å². The lowest BCUT2D eigenvalue weighted by atomic mass is 9.87. The Kier molecular flexibility index (Phi) is 4.19. The van der Waals surface area contributed by atoms with Crippen LogP contribution in [-0.4, -0.2) is 12.7 Å². The Morgan fingerprint density at radius 2 is 2.00 bits per heavy atom. The minimum atomic E-state index is 0.119. The van der Waals surface area contributed by atoms with Gasteiger partial charge in [-0.15, -0.1) is 0 Å². The predicted octanol–water partition coefficient (Wildman–Crippen LogP) is 3.06. The summed E-state index contributed by atoms with van der Waals surface area (Å²) in [6, 6.07) is 8.84. The first-order chi connectivity index (χ1) is 8.26. The van der Waals surface area contributed by atoms with Crippen LogP contribution in [0.15, 0.2) is 24.3 Å². The molecule has 0 aromatic heterocycles. The average molecular weight is 233 g/mol. The molecule has 2 heteroatoms. The number of ether oxygens (including phenoxy) is 1. The van der Waals surface area contributed by atoms with E-state index in [4.69, 9.17) is 10.5 Å². The lowest BCUT2D eigenvalue weighted by Gasteiger charge is -2.24. The first kappa shape index (κ1) is 12.6. The molecular formula is C15H23NO. The summed E-state index contributed by atoms with van der Waals surface area (Å²) in [4.78, 5) is 0. The number of nitrogens with two attached hydrogens (primary N) is 1. The number of hydrogen-bond acceptors (Lipinski definition) is 2. The topological polar surface area (TPSA) is 35.2 Å². The first-order valence-corrected chi connectivity index (χ1v) is 6.72. The summed E-state index contributed by atoms with van der Waals surface area (Å²) in [6.45, 7) is 5.21. The Morgan fingerprint density at radius 1 is 1.29 bits per heavy atom. The maximum absolute atomic E-state index is 6.38. The first-order valence-electron chi connectivity index (χ1n) is 6.72. The summed E-state index contributed by atoms with van der Waals surface area (Å²) in [5.41, 5.74) is 9.00. The second-order valence-electron chi connectivity index (χ2n) is 4.89. The quantitative estimate of drug-likeness (QED) is 0.867. The zero-order chi connectivity index (χ0) is 12.3. The predicted molar refractivity (Wildman–Crippen MR) is 70.9 cm³/mol. The van der Waals surface area contributed by atoms with E-state index in [1.807, 2.05) is 0 Å². The lowest BCUT2D eigenvalue weighted by molar-refractivity contribution is 0.0813. The molecule has 0 spiro atoms. The highest BCUT2D eigenvalue weighted by molar-refractivity contribution is 5.25. The number of hydrogen-bond donors (Lipinski definition) is 1. The summed E-state index contributed by atoms with van der Waals surface area (Å²) in [7, 11) is 0. The molecule has 0 radical (unpaired) electrons. The minimum absolute atomic E-state index is 0.119. The zero-order valence-electron chi connectivity index (χ0n) is 10.9. The zero-order valence-corrected chi connectivity index (χ0v) is 10.9. The summed E-state index contributed by atoms with van der Waals surface area (Å²) in [6.07, 6.45) is 3.58. The molecule has 3 atom stereocenters. The second-order valence-corrected chi connectivity index (χ2v) is 4.89. The normalized spacial score (nSPS) is 26.1. The van der Waals surface area contributed by atoms with Gasteiger partial charge in [0, 0.05) is 18.6 Å². The van der Waals surface area contributed by atoms with E-state index < -0.39 is 0 Å². The van der Waals surface area contributed by atoms with Crippen LogP contribution in [-0.2, 0) is 11.2 Å². The van der Waals surface area contributed by atoms with Gasteiger partial charge in [0.15, 0.2) is 0 Å². The highest BCUT2D eigenvalue weighted by Gasteiger charge is 2.32. The third-order valence-corrected chi connectivity index (χ3v) is 3.90. The van der Waals surface area contributed by atoms with Crippen molar-refractivity contribution in [3.8, 4) is 0 Å². The van der Waals surface area contributed by atoms with Crippen molar-refractivity contribution in [2.24, 2.45) is 11.7 Å². The highest BCUT2D eigenvalue weighted by atomic mass is 16.5. The molecule has 0 aliphatic carbocycles. The van der Waals surface area contributed by atoms with Crippen molar-refractivity contribution in [1.82, 2.24) is 0 Å². The van der Waals surface area contributed by atoms with Crippen molar-refractivity contribution in [1.29, 1.82) is 0 Å². The molecule has 0 amide bonds. The molecule has 1 aromatic carbocycles. The number of rotatable bonds is 4. The fourth-order valence-electron chi connectivity index (χ4n) is 2.72. The maximum atomic E-state index is 6.38. The van der Waals surface area contributed by atoms with Gasteiger partial charge in [-0.2, -0.15) is 0 Å². The lowest BCUT2D eigenvalue weighted by Crippen LogP contribution is -2.27. The molecule has 1 aliphatic heterocycles. The summed E-state index contributed by atoms with van der Waals surface area (Å²) in [5.74, 6) is 0.479. The molecule has 94 valence electrons. The van der Waals surface area contributed by atoms with Crippen molar-refractivity contribution in [3.05, 3.63) is 35.4 Å². The molecule has 17 heavy (non-hydrogen) atoms. The van der Waals surface area contributed by atoms with Gasteiger partial charge in [0.05, 0.1) is 6.10 Å². The van der Waals surface area contributed by atoms with Crippen LogP contribution in [0.25, 0.3) is 0 Å². The smallest absolute Gasteiger partial charge is 0.0619 e. The Hall–Kier alpha value is -0.860. The van der Waals surface area contributed by atoms with Crippen LogP contribution >= 0.6 is 0 Å². The van der Waals surface area contributed by atoms with Crippen molar-refractivity contribution < 1.29 is 4.74 Å². The average Bonchev–Trinajstić information content (AvgIpc) is 2.86. The molecule has 0 bridgehead atoms. The Labute approximate surface area is 104 Å². The molecule has 1 fully saturated rings. The van der Waals surface area contributed by atoms with Crippen molar-refractivity contribution in [2.75, 3.05) is 6.61 Å². The third-order valence-electron chi connectivity index (χ3n) is 3.90. The molecule has 2 nitrogen and oxygen atoms in total. The molecule has 3 unspecified atom stereocenters. The Balaban J connectivity index is 2.10. The Bertz CT molecular complexity index is 346. The van der Waals surface area contributed by atoms with Gasteiger partial charge in [0.25, 0.3) is 0 Å². The Morgan fingerprint density at radius 3 is 2.59 bits per heavy atom. The molecule has 2 N–H and O–H groups in total. The number of benzene rings is 1. The van der Waals surface area contributed by atoms with E-state index in [2.05, 4.69) is 38.1 Å². The van der Waals surface area contributed by atoms with Crippen LogP contribution in [0.3, 0.4) is 0 Å². The van der Waals surface area contributed by atoms with Crippen LogP contribution in [0.5, 0.6) is 0 Å². The minimum Gasteiger partial charge on any atom is -0.378 e. The van der Waals surface area contributed by atoms with Gasteiger partial charge in [-0.05, 0) is 30.4 Å². The molecule has 1 aromatic rings. The standard InChI is InChI=1S/C15H23NO/c1-3-11-5-7-12(8-6-11)15(16)13-9-10-17-14(13)4-2/h5-8,13-15H,3-4,9-10,16H2,1-2H3. The highest BCUT2D eigenvalue weighted by Crippen LogP contribution is 2.33. The molecule has 2 rings (SSSR count).